The Morgan fingerprint density at radius 3 is 2.54 bits per heavy atom. The second-order valence-electron chi connectivity index (χ2n) is 4.23. The van der Waals surface area contributed by atoms with Crippen LogP contribution in [0.2, 0.25) is 0 Å². The van der Waals surface area contributed by atoms with E-state index in [9.17, 15) is 8.78 Å². The van der Waals surface area contributed by atoms with Gasteiger partial charge in [0.2, 0.25) is 0 Å². The summed E-state index contributed by atoms with van der Waals surface area (Å²) < 4.78 is 25.8. The number of hydrogen-bond donors (Lipinski definition) is 0. The molecule has 0 saturated carbocycles. The molecule has 13 heavy (non-hydrogen) atoms. The largest absolute Gasteiger partial charge is 0.308 e. The third kappa shape index (κ3) is 3.19. The SMILES string of the molecule is CN(C)CC1CCC(F)(F)CN1C. The van der Waals surface area contributed by atoms with Crippen molar-refractivity contribution in [3.05, 3.63) is 0 Å². The molecular weight excluding hydrogens is 174 g/mol. The van der Waals surface area contributed by atoms with Gasteiger partial charge in [0, 0.05) is 19.0 Å². The minimum Gasteiger partial charge on any atom is -0.308 e. The summed E-state index contributed by atoms with van der Waals surface area (Å²) in [6.07, 6.45) is 0.636. The molecule has 1 heterocycles. The van der Waals surface area contributed by atoms with Gasteiger partial charge in [0.15, 0.2) is 0 Å². The monoisotopic (exact) mass is 192 g/mol. The minimum atomic E-state index is -2.47. The predicted octanol–water partition coefficient (Wildman–Crippen LogP) is 1.28. The van der Waals surface area contributed by atoms with E-state index >= 15 is 0 Å². The highest BCUT2D eigenvalue weighted by Gasteiger charge is 2.38. The van der Waals surface area contributed by atoms with Crippen LogP contribution < -0.4 is 0 Å². The maximum Gasteiger partial charge on any atom is 0.260 e. The Morgan fingerprint density at radius 2 is 2.08 bits per heavy atom. The number of likely N-dealkylation sites (N-methyl/N-ethyl adjacent to an activating group) is 2. The fourth-order valence-corrected chi connectivity index (χ4v) is 1.82. The fourth-order valence-electron chi connectivity index (χ4n) is 1.82. The molecule has 78 valence electrons. The molecule has 1 aliphatic heterocycles. The van der Waals surface area contributed by atoms with Crippen LogP contribution in [0.5, 0.6) is 0 Å². The van der Waals surface area contributed by atoms with Gasteiger partial charge < -0.3 is 4.90 Å². The Morgan fingerprint density at radius 1 is 1.46 bits per heavy atom. The number of hydrogen-bond acceptors (Lipinski definition) is 2. The lowest BCUT2D eigenvalue weighted by Gasteiger charge is -2.38. The van der Waals surface area contributed by atoms with Gasteiger partial charge in [-0.25, -0.2) is 8.78 Å². The molecule has 1 aliphatic rings. The van der Waals surface area contributed by atoms with Gasteiger partial charge in [-0.15, -0.1) is 0 Å². The molecular formula is C9H18F2N2. The van der Waals surface area contributed by atoms with Gasteiger partial charge in [-0.05, 0) is 27.6 Å². The second kappa shape index (κ2) is 3.88. The first-order valence-corrected chi connectivity index (χ1v) is 4.63. The van der Waals surface area contributed by atoms with E-state index in [4.69, 9.17) is 0 Å². The van der Waals surface area contributed by atoms with Gasteiger partial charge in [-0.2, -0.15) is 0 Å². The Hall–Kier alpha value is -0.220. The average Bonchev–Trinajstić information content (AvgIpc) is 1.93. The molecule has 1 unspecified atom stereocenters. The summed E-state index contributed by atoms with van der Waals surface area (Å²) in [6, 6.07) is 0.287. The zero-order chi connectivity index (χ0) is 10.1. The highest BCUT2D eigenvalue weighted by Crippen LogP contribution is 2.29. The number of rotatable bonds is 2. The van der Waals surface area contributed by atoms with Gasteiger partial charge in [-0.3, -0.25) is 4.90 Å². The first kappa shape index (κ1) is 10.9. The van der Waals surface area contributed by atoms with E-state index in [1.165, 1.54) is 0 Å². The van der Waals surface area contributed by atoms with Crippen molar-refractivity contribution < 1.29 is 8.78 Å². The van der Waals surface area contributed by atoms with Crippen molar-refractivity contribution in [2.24, 2.45) is 0 Å². The molecule has 0 aromatic carbocycles. The summed E-state index contributed by atoms with van der Waals surface area (Å²) in [5.41, 5.74) is 0. The Bertz CT molecular complexity index is 171. The molecule has 0 aromatic heterocycles. The van der Waals surface area contributed by atoms with E-state index in [-0.39, 0.29) is 19.0 Å². The van der Waals surface area contributed by atoms with E-state index in [2.05, 4.69) is 0 Å². The van der Waals surface area contributed by atoms with E-state index in [0.29, 0.717) is 6.42 Å². The molecule has 0 aromatic rings. The highest BCUT2D eigenvalue weighted by atomic mass is 19.3. The number of nitrogens with zero attached hydrogens (tertiary/aromatic N) is 2. The van der Waals surface area contributed by atoms with Gasteiger partial charge in [0.05, 0.1) is 6.54 Å². The quantitative estimate of drug-likeness (QED) is 0.650. The van der Waals surface area contributed by atoms with Crippen LogP contribution in [0.25, 0.3) is 0 Å². The zero-order valence-corrected chi connectivity index (χ0v) is 8.56. The van der Waals surface area contributed by atoms with Crippen LogP contribution >= 0.6 is 0 Å². The second-order valence-corrected chi connectivity index (χ2v) is 4.23. The molecule has 4 heteroatoms. The molecule has 2 nitrogen and oxygen atoms in total. The van der Waals surface area contributed by atoms with Crippen molar-refractivity contribution in [3.8, 4) is 0 Å². The summed E-state index contributed by atoms with van der Waals surface area (Å²) in [5.74, 6) is -2.47. The molecule has 0 spiro atoms. The summed E-state index contributed by atoms with van der Waals surface area (Å²) in [5, 5.41) is 0. The van der Waals surface area contributed by atoms with Crippen molar-refractivity contribution in [1.29, 1.82) is 0 Å². The van der Waals surface area contributed by atoms with E-state index in [0.717, 1.165) is 6.54 Å². The summed E-state index contributed by atoms with van der Waals surface area (Å²) in [7, 11) is 5.72. The molecule has 0 radical (unpaired) electrons. The first-order chi connectivity index (χ1) is 5.91. The van der Waals surface area contributed by atoms with Crippen LogP contribution in [0.1, 0.15) is 12.8 Å². The molecule has 0 N–H and O–H groups in total. The fraction of sp³-hybridized carbons (Fsp3) is 1.00. The summed E-state index contributed by atoms with van der Waals surface area (Å²) in [6.45, 7) is 0.776. The molecule has 1 atom stereocenters. The number of likely N-dealkylation sites (tertiary alicyclic amines) is 1. The molecule has 0 amide bonds. The van der Waals surface area contributed by atoms with Crippen molar-refractivity contribution >= 4 is 0 Å². The van der Waals surface area contributed by atoms with Crippen LogP contribution in [0, 0.1) is 0 Å². The van der Waals surface area contributed by atoms with Crippen molar-refractivity contribution in [3.63, 3.8) is 0 Å². The van der Waals surface area contributed by atoms with E-state index < -0.39 is 5.92 Å². The average molecular weight is 192 g/mol. The highest BCUT2D eigenvalue weighted by molar-refractivity contribution is 4.84. The maximum absolute atomic E-state index is 12.9. The lowest BCUT2D eigenvalue weighted by atomic mass is 10.00. The van der Waals surface area contributed by atoms with Crippen LogP contribution in [0.3, 0.4) is 0 Å². The third-order valence-corrected chi connectivity index (χ3v) is 2.52. The summed E-state index contributed by atoms with van der Waals surface area (Å²) >= 11 is 0. The van der Waals surface area contributed by atoms with E-state index in [1.54, 1.807) is 11.9 Å². The van der Waals surface area contributed by atoms with Crippen LogP contribution in [-0.2, 0) is 0 Å². The van der Waals surface area contributed by atoms with Crippen LogP contribution in [-0.4, -0.2) is 56.0 Å². The molecule has 1 rings (SSSR count). The summed E-state index contributed by atoms with van der Waals surface area (Å²) in [4.78, 5) is 3.81. The number of piperidine rings is 1. The molecule has 0 aliphatic carbocycles. The Labute approximate surface area is 78.5 Å². The van der Waals surface area contributed by atoms with Gasteiger partial charge in [-0.1, -0.05) is 0 Å². The number of halogens is 2. The molecule has 1 fully saturated rings. The standard InChI is InChI=1S/C9H18F2N2/c1-12(2)6-8-4-5-9(10,11)7-13(8)3/h8H,4-7H2,1-3H3. The van der Waals surface area contributed by atoms with Gasteiger partial charge >= 0.3 is 0 Å². The zero-order valence-electron chi connectivity index (χ0n) is 8.56. The van der Waals surface area contributed by atoms with Crippen molar-refractivity contribution in [1.82, 2.24) is 9.80 Å². The van der Waals surface area contributed by atoms with Gasteiger partial charge in [0.25, 0.3) is 5.92 Å². The smallest absolute Gasteiger partial charge is 0.260 e. The van der Waals surface area contributed by atoms with Crippen molar-refractivity contribution in [2.45, 2.75) is 24.8 Å². The van der Waals surface area contributed by atoms with E-state index in [1.807, 2.05) is 19.0 Å². The Kier molecular flexibility index (Phi) is 3.24. The molecule has 0 bridgehead atoms. The predicted molar refractivity (Wildman–Crippen MR) is 49.2 cm³/mol. The minimum absolute atomic E-state index is 0.0375. The topological polar surface area (TPSA) is 6.48 Å². The molecule has 1 saturated heterocycles. The number of alkyl halides is 2. The van der Waals surface area contributed by atoms with Gasteiger partial charge in [0.1, 0.15) is 0 Å². The third-order valence-electron chi connectivity index (χ3n) is 2.52. The normalized spacial score (nSPS) is 29.5. The van der Waals surface area contributed by atoms with Crippen LogP contribution in [0.15, 0.2) is 0 Å². The van der Waals surface area contributed by atoms with Crippen LogP contribution in [0.4, 0.5) is 8.78 Å². The van der Waals surface area contributed by atoms with Crippen molar-refractivity contribution in [2.75, 3.05) is 34.2 Å². The lowest BCUT2D eigenvalue weighted by Crippen LogP contribution is -2.50. The first-order valence-electron chi connectivity index (χ1n) is 4.63. The lowest BCUT2D eigenvalue weighted by molar-refractivity contribution is -0.0772. The maximum atomic E-state index is 12.9. The Balaban J connectivity index is 2.44.